The first kappa shape index (κ1) is 28.1. The number of thiol groups is 1. The van der Waals surface area contributed by atoms with Crippen molar-refractivity contribution in [3.63, 3.8) is 0 Å². The van der Waals surface area contributed by atoms with Gasteiger partial charge in [-0.15, -0.1) is 0 Å². The molecule has 15 heteroatoms. The second-order valence-electron chi connectivity index (χ2n) is 6.50. The quantitative estimate of drug-likeness (QED) is 0.105. The zero-order valence-electron chi connectivity index (χ0n) is 16.6. The lowest BCUT2D eigenvalue weighted by molar-refractivity contribution is -0.142. The number of carbonyl (C=O) groups is 6. The molecule has 0 aromatic carbocycles. The van der Waals surface area contributed by atoms with Gasteiger partial charge in [0.1, 0.15) is 18.1 Å². The van der Waals surface area contributed by atoms with E-state index in [4.69, 9.17) is 22.3 Å². The summed E-state index contributed by atoms with van der Waals surface area (Å²) in [6.45, 7) is -0.836. The van der Waals surface area contributed by atoms with E-state index in [1.807, 2.05) is 0 Å². The molecule has 0 rings (SSSR count). The lowest BCUT2D eigenvalue weighted by Crippen LogP contribution is -2.58. The average molecular weight is 465 g/mol. The first-order chi connectivity index (χ1) is 14.4. The largest absolute Gasteiger partial charge is 0.480 e. The molecule has 0 heterocycles. The molecule has 0 aliphatic rings. The Labute approximate surface area is 183 Å². The number of carbonyl (C=O) groups excluding carboxylic acids is 5. The summed E-state index contributed by atoms with van der Waals surface area (Å²) in [5.41, 5.74) is 15.5. The minimum Gasteiger partial charge on any atom is -0.480 e. The summed E-state index contributed by atoms with van der Waals surface area (Å²) < 4.78 is 0. The van der Waals surface area contributed by atoms with Crippen LogP contribution < -0.4 is 33.2 Å². The number of primary amides is 2. The van der Waals surface area contributed by atoms with Gasteiger partial charge in [-0.05, 0) is 12.8 Å². The second-order valence-corrected chi connectivity index (χ2v) is 6.87. The molecule has 5 amide bonds. The third-order valence-corrected chi connectivity index (χ3v) is 4.33. The summed E-state index contributed by atoms with van der Waals surface area (Å²) in [5, 5.41) is 25.0. The summed E-state index contributed by atoms with van der Waals surface area (Å²) in [4.78, 5) is 69.4. The highest BCUT2D eigenvalue weighted by Crippen LogP contribution is 2.01. The molecule has 0 fully saturated rings. The van der Waals surface area contributed by atoms with Crippen LogP contribution in [0.2, 0.25) is 0 Å². The van der Waals surface area contributed by atoms with Crippen molar-refractivity contribution in [2.24, 2.45) is 17.2 Å². The molecule has 0 aliphatic heterocycles. The first-order valence-corrected chi connectivity index (χ1v) is 9.73. The van der Waals surface area contributed by atoms with Gasteiger partial charge in [-0.1, -0.05) is 0 Å². The van der Waals surface area contributed by atoms with Gasteiger partial charge in [-0.2, -0.15) is 12.6 Å². The molecular formula is C16H28N6O8S. The van der Waals surface area contributed by atoms with Crippen LogP contribution in [0.4, 0.5) is 0 Å². The van der Waals surface area contributed by atoms with Gasteiger partial charge >= 0.3 is 5.97 Å². The Balaban J connectivity index is 4.97. The third-order valence-electron chi connectivity index (χ3n) is 3.96. The topological polar surface area (TPSA) is 257 Å². The summed E-state index contributed by atoms with van der Waals surface area (Å²) in [5.74, 6) is -5.79. The van der Waals surface area contributed by atoms with Crippen molar-refractivity contribution >= 4 is 48.1 Å². The number of aliphatic hydroxyl groups is 1. The van der Waals surface area contributed by atoms with Crippen molar-refractivity contribution in [1.29, 1.82) is 0 Å². The molecule has 0 radical (unpaired) electrons. The Bertz CT molecular complexity index is 691. The molecule has 0 spiro atoms. The number of aliphatic carboxylic acids is 1. The first-order valence-electron chi connectivity index (χ1n) is 9.10. The third kappa shape index (κ3) is 11.2. The fourth-order valence-corrected chi connectivity index (χ4v) is 2.44. The van der Waals surface area contributed by atoms with Crippen molar-refractivity contribution < 1.29 is 39.0 Å². The molecule has 176 valence electrons. The van der Waals surface area contributed by atoms with Gasteiger partial charge in [0, 0.05) is 18.6 Å². The highest BCUT2D eigenvalue weighted by atomic mass is 32.1. The van der Waals surface area contributed by atoms with E-state index in [0.717, 1.165) is 0 Å². The van der Waals surface area contributed by atoms with E-state index < -0.39 is 66.3 Å². The van der Waals surface area contributed by atoms with Crippen LogP contribution in [0.1, 0.15) is 25.7 Å². The predicted octanol–water partition coefficient (Wildman–Crippen LogP) is -4.69. The molecule has 0 bridgehead atoms. The fraction of sp³-hybridized carbons (Fsp3) is 0.625. The number of hydrogen-bond donors (Lipinski definition) is 9. The summed E-state index contributed by atoms with van der Waals surface area (Å²) in [7, 11) is 0. The van der Waals surface area contributed by atoms with Gasteiger partial charge in [0.15, 0.2) is 0 Å². The Morgan fingerprint density at radius 1 is 0.774 bits per heavy atom. The van der Waals surface area contributed by atoms with E-state index in [1.165, 1.54) is 0 Å². The SMILES string of the molecule is NC(=O)CCC(N)C(=O)NC(CO)C(=O)NC(CS)C(=O)NC(CCC(N)=O)C(=O)O. The van der Waals surface area contributed by atoms with Crippen LogP contribution in [0.5, 0.6) is 0 Å². The second kappa shape index (κ2) is 14.2. The van der Waals surface area contributed by atoms with E-state index in [0.29, 0.717) is 0 Å². The maximum Gasteiger partial charge on any atom is 0.326 e. The van der Waals surface area contributed by atoms with E-state index in [9.17, 15) is 33.9 Å². The molecule has 14 nitrogen and oxygen atoms in total. The van der Waals surface area contributed by atoms with E-state index >= 15 is 0 Å². The normalized spacial score (nSPS) is 14.4. The van der Waals surface area contributed by atoms with Gasteiger partial charge in [0.25, 0.3) is 0 Å². The van der Waals surface area contributed by atoms with Gasteiger partial charge in [0.2, 0.25) is 29.5 Å². The van der Waals surface area contributed by atoms with Crippen LogP contribution in [0, 0.1) is 0 Å². The minimum absolute atomic E-state index is 0.0789. The molecule has 4 atom stereocenters. The maximum atomic E-state index is 12.3. The number of amides is 5. The van der Waals surface area contributed by atoms with Crippen LogP contribution in [-0.4, -0.2) is 82.2 Å². The van der Waals surface area contributed by atoms with Crippen molar-refractivity contribution in [2.45, 2.75) is 49.9 Å². The van der Waals surface area contributed by atoms with Crippen LogP contribution in [0.15, 0.2) is 0 Å². The van der Waals surface area contributed by atoms with Crippen molar-refractivity contribution in [2.75, 3.05) is 12.4 Å². The zero-order valence-corrected chi connectivity index (χ0v) is 17.5. The summed E-state index contributed by atoms with van der Waals surface area (Å²) >= 11 is 3.93. The Hall–Kier alpha value is -2.91. The van der Waals surface area contributed by atoms with Crippen molar-refractivity contribution in [1.82, 2.24) is 16.0 Å². The van der Waals surface area contributed by atoms with Crippen LogP contribution in [-0.2, 0) is 28.8 Å². The fourth-order valence-electron chi connectivity index (χ4n) is 2.18. The van der Waals surface area contributed by atoms with Crippen LogP contribution in [0.3, 0.4) is 0 Å². The van der Waals surface area contributed by atoms with Gasteiger partial charge in [0.05, 0.1) is 12.6 Å². The molecule has 11 N–H and O–H groups in total. The lowest BCUT2D eigenvalue weighted by Gasteiger charge is -2.23. The van der Waals surface area contributed by atoms with Crippen LogP contribution >= 0.6 is 12.6 Å². The molecular weight excluding hydrogens is 436 g/mol. The Morgan fingerprint density at radius 2 is 1.23 bits per heavy atom. The predicted molar refractivity (Wildman–Crippen MR) is 109 cm³/mol. The van der Waals surface area contributed by atoms with E-state index in [1.54, 1.807) is 0 Å². The number of carboxylic acids is 1. The molecule has 0 saturated carbocycles. The minimum atomic E-state index is -1.48. The lowest BCUT2D eigenvalue weighted by atomic mass is 10.1. The zero-order chi connectivity index (χ0) is 24.1. The average Bonchev–Trinajstić information content (AvgIpc) is 2.70. The highest BCUT2D eigenvalue weighted by Gasteiger charge is 2.29. The Kier molecular flexibility index (Phi) is 12.8. The summed E-state index contributed by atoms with van der Waals surface area (Å²) in [6, 6.07) is -5.40. The molecule has 0 aliphatic carbocycles. The number of nitrogens with one attached hydrogen (secondary N) is 3. The molecule has 4 unspecified atom stereocenters. The van der Waals surface area contributed by atoms with Gasteiger partial charge in [-0.25, -0.2) is 4.79 Å². The highest BCUT2D eigenvalue weighted by molar-refractivity contribution is 7.80. The monoisotopic (exact) mass is 464 g/mol. The van der Waals surface area contributed by atoms with Crippen LogP contribution in [0.25, 0.3) is 0 Å². The molecule has 31 heavy (non-hydrogen) atoms. The smallest absolute Gasteiger partial charge is 0.326 e. The number of aliphatic hydroxyl groups excluding tert-OH is 1. The number of carboxylic acid groups (broad SMARTS) is 1. The van der Waals surface area contributed by atoms with Crippen molar-refractivity contribution in [3.8, 4) is 0 Å². The number of rotatable bonds is 15. The number of hydrogen-bond acceptors (Lipinski definition) is 9. The standard InChI is InChI=1S/C16H28N6O8S/c17-7(1-3-11(18)24)13(26)21-9(5-23)14(27)22-10(6-31)15(28)20-8(16(29)30)2-4-12(19)25/h7-10,23,31H,1-6,17H2,(H2,18,24)(H2,19,25)(H,20,28)(H,21,26)(H,22,27)(H,29,30). The van der Waals surface area contributed by atoms with Gasteiger partial charge in [-0.3, -0.25) is 24.0 Å². The molecule has 0 aromatic heterocycles. The Morgan fingerprint density at radius 3 is 1.68 bits per heavy atom. The summed E-state index contributed by atoms with van der Waals surface area (Å²) in [6.07, 6.45) is -0.788. The van der Waals surface area contributed by atoms with Gasteiger partial charge < -0.3 is 43.4 Å². The van der Waals surface area contributed by atoms with E-state index in [2.05, 4.69) is 28.6 Å². The molecule has 0 aromatic rings. The van der Waals surface area contributed by atoms with E-state index in [-0.39, 0.29) is 31.4 Å². The molecule has 0 saturated heterocycles. The van der Waals surface area contributed by atoms with Crippen molar-refractivity contribution in [3.05, 3.63) is 0 Å². The number of nitrogens with two attached hydrogens (primary N) is 3. The maximum absolute atomic E-state index is 12.3.